The zero-order chi connectivity index (χ0) is 13.1. The molecule has 1 aliphatic carbocycles. The monoisotopic (exact) mass is 267 g/mol. The molecule has 3 heteroatoms. The van der Waals surface area contributed by atoms with E-state index in [9.17, 15) is 0 Å². The third-order valence-electron chi connectivity index (χ3n) is 5.38. The van der Waals surface area contributed by atoms with E-state index in [0.717, 1.165) is 26.1 Å². The summed E-state index contributed by atoms with van der Waals surface area (Å²) in [5.41, 5.74) is 0.286. The van der Waals surface area contributed by atoms with Crippen LogP contribution in [0.5, 0.6) is 0 Å². The number of ether oxygens (including phenoxy) is 2. The largest absolute Gasteiger partial charge is 0.378 e. The topological polar surface area (TPSA) is 30.5 Å². The second kappa shape index (κ2) is 6.11. The molecule has 2 heterocycles. The minimum Gasteiger partial charge on any atom is -0.378 e. The first-order valence-electron chi connectivity index (χ1n) is 8.31. The van der Waals surface area contributed by atoms with E-state index >= 15 is 0 Å². The lowest BCUT2D eigenvalue weighted by Crippen LogP contribution is -2.35. The zero-order valence-corrected chi connectivity index (χ0v) is 12.3. The molecule has 110 valence electrons. The van der Waals surface area contributed by atoms with Crippen molar-refractivity contribution in [3.8, 4) is 0 Å². The van der Waals surface area contributed by atoms with Crippen molar-refractivity contribution in [3.63, 3.8) is 0 Å². The highest BCUT2D eigenvalue weighted by Gasteiger charge is 2.41. The maximum atomic E-state index is 6.33. The number of hydrogen-bond acceptors (Lipinski definition) is 3. The van der Waals surface area contributed by atoms with Crippen LogP contribution in [0.3, 0.4) is 0 Å². The van der Waals surface area contributed by atoms with Gasteiger partial charge in [-0.15, -0.1) is 0 Å². The zero-order valence-electron chi connectivity index (χ0n) is 12.3. The van der Waals surface area contributed by atoms with Crippen molar-refractivity contribution in [2.75, 3.05) is 19.7 Å². The van der Waals surface area contributed by atoms with E-state index in [1.165, 1.54) is 44.9 Å². The smallest absolute Gasteiger partial charge is 0.0708 e. The maximum Gasteiger partial charge on any atom is 0.0708 e. The summed E-state index contributed by atoms with van der Waals surface area (Å²) in [6.45, 7) is 5.32. The van der Waals surface area contributed by atoms with E-state index < -0.39 is 0 Å². The Morgan fingerprint density at radius 3 is 2.74 bits per heavy atom. The standard InChI is InChI=1S/C16H29NO2/c1-2-15-13(6-10-18-15)11-17-12-14-5-9-16(19-14)7-3-4-8-16/h13-15,17H,2-12H2,1H3. The second-order valence-corrected chi connectivity index (χ2v) is 6.69. The molecule has 1 spiro atoms. The van der Waals surface area contributed by atoms with Gasteiger partial charge in [0.05, 0.1) is 17.8 Å². The first-order chi connectivity index (χ1) is 9.31. The van der Waals surface area contributed by atoms with Gasteiger partial charge in [0, 0.05) is 19.7 Å². The minimum absolute atomic E-state index is 0.286. The summed E-state index contributed by atoms with van der Waals surface area (Å²) < 4.78 is 12.1. The SMILES string of the molecule is CCC1OCCC1CNCC1CCC2(CCCC2)O1. The average Bonchev–Trinajstić information content (AvgIpc) is 3.13. The van der Waals surface area contributed by atoms with Crippen LogP contribution in [-0.4, -0.2) is 37.5 Å². The summed E-state index contributed by atoms with van der Waals surface area (Å²) in [7, 11) is 0. The van der Waals surface area contributed by atoms with Crippen LogP contribution in [0.25, 0.3) is 0 Å². The highest BCUT2D eigenvalue weighted by molar-refractivity contribution is 4.93. The van der Waals surface area contributed by atoms with Gasteiger partial charge in [-0.1, -0.05) is 19.8 Å². The number of nitrogens with one attached hydrogen (secondary N) is 1. The van der Waals surface area contributed by atoms with Crippen LogP contribution in [0.2, 0.25) is 0 Å². The lowest BCUT2D eigenvalue weighted by atomic mass is 9.98. The molecule has 3 rings (SSSR count). The summed E-state index contributed by atoms with van der Waals surface area (Å²) in [5, 5.41) is 3.63. The Morgan fingerprint density at radius 1 is 1.11 bits per heavy atom. The van der Waals surface area contributed by atoms with Crippen molar-refractivity contribution < 1.29 is 9.47 Å². The van der Waals surface area contributed by atoms with Crippen molar-refractivity contribution in [2.24, 2.45) is 5.92 Å². The van der Waals surface area contributed by atoms with Crippen LogP contribution in [0.15, 0.2) is 0 Å². The molecule has 0 aromatic rings. The third-order valence-corrected chi connectivity index (χ3v) is 5.38. The average molecular weight is 267 g/mol. The van der Waals surface area contributed by atoms with E-state index in [-0.39, 0.29) is 5.60 Å². The van der Waals surface area contributed by atoms with Gasteiger partial charge in [-0.3, -0.25) is 0 Å². The molecular formula is C16H29NO2. The summed E-state index contributed by atoms with van der Waals surface area (Å²) in [5.74, 6) is 0.715. The van der Waals surface area contributed by atoms with E-state index in [0.29, 0.717) is 18.1 Å². The molecule has 0 aromatic carbocycles. The van der Waals surface area contributed by atoms with Crippen molar-refractivity contribution in [3.05, 3.63) is 0 Å². The molecule has 0 aromatic heterocycles. The highest BCUT2D eigenvalue weighted by Crippen LogP contribution is 2.43. The van der Waals surface area contributed by atoms with Gasteiger partial charge in [-0.05, 0) is 44.4 Å². The molecule has 3 fully saturated rings. The van der Waals surface area contributed by atoms with Gasteiger partial charge in [-0.2, -0.15) is 0 Å². The summed E-state index contributed by atoms with van der Waals surface area (Å²) in [6.07, 6.45) is 11.2. The number of rotatable bonds is 5. The Labute approximate surface area is 117 Å². The summed E-state index contributed by atoms with van der Waals surface area (Å²) >= 11 is 0. The Balaban J connectivity index is 1.37. The molecule has 3 aliphatic rings. The Morgan fingerprint density at radius 2 is 1.95 bits per heavy atom. The quantitative estimate of drug-likeness (QED) is 0.831. The van der Waals surface area contributed by atoms with Gasteiger partial charge in [0.1, 0.15) is 0 Å². The molecule has 0 bridgehead atoms. The number of hydrogen-bond donors (Lipinski definition) is 1. The summed E-state index contributed by atoms with van der Waals surface area (Å²) in [6, 6.07) is 0. The van der Waals surface area contributed by atoms with Crippen LogP contribution in [0, 0.1) is 5.92 Å². The third kappa shape index (κ3) is 3.14. The lowest BCUT2D eigenvalue weighted by Gasteiger charge is -2.24. The fourth-order valence-corrected chi connectivity index (χ4v) is 4.23. The van der Waals surface area contributed by atoms with Crippen molar-refractivity contribution >= 4 is 0 Å². The molecule has 3 unspecified atom stereocenters. The van der Waals surface area contributed by atoms with Crippen LogP contribution in [0.4, 0.5) is 0 Å². The van der Waals surface area contributed by atoms with Gasteiger partial charge in [0.25, 0.3) is 0 Å². The molecule has 0 amide bonds. The van der Waals surface area contributed by atoms with Crippen molar-refractivity contribution in [1.82, 2.24) is 5.32 Å². The molecule has 19 heavy (non-hydrogen) atoms. The maximum absolute atomic E-state index is 6.33. The highest BCUT2D eigenvalue weighted by atomic mass is 16.5. The van der Waals surface area contributed by atoms with E-state index in [1.54, 1.807) is 0 Å². The van der Waals surface area contributed by atoms with E-state index in [4.69, 9.17) is 9.47 Å². The van der Waals surface area contributed by atoms with Gasteiger partial charge in [0.2, 0.25) is 0 Å². The fourth-order valence-electron chi connectivity index (χ4n) is 4.23. The Bertz CT molecular complexity index is 288. The Kier molecular flexibility index (Phi) is 4.45. The normalized spacial score (nSPS) is 37.4. The second-order valence-electron chi connectivity index (χ2n) is 6.69. The van der Waals surface area contributed by atoms with Crippen molar-refractivity contribution in [2.45, 2.75) is 76.1 Å². The van der Waals surface area contributed by atoms with Crippen molar-refractivity contribution in [1.29, 1.82) is 0 Å². The molecule has 2 saturated heterocycles. The fraction of sp³-hybridized carbons (Fsp3) is 1.00. The first kappa shape index (κ1) is 13.8. The van der Waals surface area contributed by atoms with Crippen LogP contribution >= 0.6 is 0 Å². The lowest BCUT2D eigenvalue weighted by molar-refractivity contribution is -0.0355. The van der Waals surface area contributed by atoms with Crippen LogP contribution in [0.1, 0.15) is 58.3 Å². The van der Waals surface area contributed by atoms with Gasteiger partial charge in [0.15, 0.2) is 0 Å². The van der Waals surface area contributed by atoms with Crippen LogP contribution < -0.4 is 5.32 Å². The van der Waals surface area contributed by atoms with Gasteiger partial charge < -0.3 is 14.8 Å². The summed E-state index contributed by atoms with van der Waals surface area (Å²) in [4.78, 5) is 0. The molecule has 1 N–H and O–H groups in total. The van der Waals surface area contributed by atoms with Gasteiger partial charge in [-0.25, -0.2) is 0 Å². The van der Waals surface area contributed by atoms with Gasteiger partial charge >= 0.3 is 0 Å². The molecule has 1 saturated carbocycles. The van der Waals surface area contributed by atoms with Crippen LogP contribution in [-0.2, 0) is 9.47 Å². The predicted molar refractivity (Wildman–Crippen MR) is 76.3 cm³/mol. The molecule has 0 radical (unpaired) electrons. The minimum atomic E-state index is 0.286. The molecule has 3 nitrogen and oxygen atoms in total. The van der Waals surface area contributed by atoms with E-state index in [1.807, 2.05) is 0 Å². The molecule has 2 aliphatic heterocycles. The predicted octanol–water partition coefficient (Wildman–Crippen LogP) is 2.88. The molecular weight excluding hydrogens is 238 g/mol. The van der Waals surface area contributed by atoms with E-state index in [2.05, 4.69) is 12.2 Å². The first-order valence-corrected chi connectivity index (χ1v) is 8.31. The Hall–Kier alpha value is -0.120. The molecule has 3 atom stereocenters.